The van der Waals surface area contributed by atoms with Gasteiger partial charge >= 0.3 is 0 Å². The van der Waals surface area contributed by atoms with Crippen molar-refractivity contribution in [3.8, 4) is 0 Å². The molecule has 3 aromatic carbocycles. The fourth-order valence-corrected chi connectivity index (χ4v) is 5.50. The number of benzene rings is 3. The zero-order valence-electron chi connectivity index (χ0n) is 15.5. The lowest BCUT2D eigenvalue weighted by Gasteiger charge is -2.25. The molecule has 9 heteroatoms. The minimum absolute atomic E-state index is 0.0794. The summed E-state index contributed by atoms with van der Waals surface area (Å²) in [4.78, 5) is 13.9. The number of para-hydroxylation sites is 1. The van der Waals surface area contributed by atoms with Crippen molar-refractivity contribution in [2.45, 2.75) is 10.3 Å². The molecule has 0 saturated carbocycles. The maximum atomic E-state index is 14.3. The predicted octanol–water partition coefficient (Wildman–Crippen LogP) is 5.06. The normalized spacial score (nSPS) is 16.7. The lowest BCUT2D eigenvalue weighted by Crippen LogP contribution is -2.28. The molecule has 0 spiro atoms. The fourth-order valence-electron chi connectivity index (χ4n) is 3.16. The Morgan fingerprint density at radius 1 is 1.03 bits per heavy atom. The number of hydrogen-bond acceptors (Lipinski definition) is 4. The molecule has 1 N–H and O–H groups in total. The first kappa shape index (κ1) is 20.7. The number of nitrogens with zero attached hydrogens (tertiary/aromatic N) is 1. The SMILES string of the molecule is O=C1CS[C@@H](c2cccc(NS(=O)(=O)c3ccc(Cl)cc3)c2)N1c1ccccc1F. The Bertz CT molecular complexity index is 1200. The minimum atomic E-state index is -3.81. The van der Waals surface area contributed by atoms with Crippen LogP contribution in [0.2, 0.25) is 5.02 Å². The van der Waals surface area contributed by atoms with Gasteiger partial charge in [0.25, 0.3) is 10.0 Å². The number of carbonyl (C=O) groups is 1. The maximum absolute atomic E-state index is 14.3. The van der Waals surface area contributed by atoms with E-state index in [1.807, 2.05) is 0 Å². The number of nitrogens with one attached hydrogen (secondary N) is 1. The zero-order chi connectivity index (χ0) is 21.3. The topological polar surface area (TPSA) is 66.5 Å². The summed E-state index contributed by atoms with van der Waals surface area (Å²) in [6.07, 6.45) is 0. The van der Waals surface area contributed by atoms with Gasteiger partial charge in [0.15, 0.2) is 0 Å². The van der Waals surface area contributed by atoms with Gasteiger partial charge in [-0.05, 0) is 54.1 Å². The summed E-state index contributed by atoms with van der Waals surface area (Å²) in [6, 6.07) is 18.7. The summed E-state index contributed by atoms with van der Waals surface area (Å²) in [5.74, 6) is -0.486. The van der Waals surface area contributed by atoms with Crippen LogP contribution in [0.5, 0.6) is 0 Å². The van der Waals surface area contributed by atoms with Crippen molar-refractivity contribution in [3.05, 3.63) is 89.2 Å². The van der Waals surface area contributed by atoms with Crippen LogP contribution in [0.25, 0.3) is 0 Å². The van der Waals surface area contributed by atoms with Crippen LogP contribution in [-0.4, -0.2) is 20.1 Å². The highest BCUT2D eigenvalue weighted by Gasteiger charge is 2.35. The zero-order valence-corrected chi connectivity index (χ0v) is 17.8. The first-order valence-electron chi connectivity index (χ1n) is 8.92. The number of rotatable bonds is 5. The molecule has 4 rings (SSSR count). The van der Waals surface area contributed by atoms with Crippen LogP contribution >= 0.6 is 23.4 Å². The molecule has 1 saturated heterocycles. The third-order valence-electron chi connectivity index (χ3n) is 4.53. The molecule has 30 heavy (non-hydrogen) atoms. The molecular weight excluding hydrogens is 447 g/mol. The Labute approximate surface area is 182 Å². The van der Waals surface area contributed by atoms with E-state index in [4.69, 9.17) is 11.6 Å². The lowest BCUT2D eigenvalue weighted by molar-refractivity contribution is -0.115. The van der Waals surface area contributed by atoms with Gasteiger partial charge in [-0.25, -0.2) is 12.8 Å². The van der Waals surface area contributed by atoms with Gasteiger partial charge in [-0.1, -0.05) is 35.9 Å². The standard InChI is InChI=1S/C21H16ClFN2O3S2/c22-15-8-10-17(11-9-15)30(27,28)24-16-5-3-4-14(12-16)21-25(20(26)13-29-21)19-7-2-1-6-18(19)23/h1-12,21,24H,13H2/t21-/m0/s1. The molecule has 0 aliphatic carbocycles. The number of anilines is 2. The van der Waals surface area contributed by atoms with Crippen LogP contribution in [0.1, 0.15) is 10.9 Å². The molecule has 0 bridgehead atoms. The predicted molar refractivity (Wildman–Crippen MR) is 118 cm³/mol. The summed E-state index contributed by atoms with van der Waals surface area (Å²) in [7, 11) is -3.81. The highest BCUT2D eigenvalue weighted by Crippen LogP contribution is 2.43. The number of thioether (sulfide) groups is 1. The van der Waals surface area contributed by atoms with Crippen molar-refractivity contribution in [3.63, 3.8) is 0 Å². The van der Waals surface area contributed by atoms with Crippen molar-refractivity contribution in [1.29, 1.82) is 0 Å². The van der Waals surface area contributed by atoms with E-state index in [1.165, 1.54) is 47.0 Å². The molecular formula is C21H16ClFN2O3S2. The third-order valence-corrected chi connectivity index (χ3v) is 7.39. The Hall–Kier alpha value is -2.55. The number of amides is 1. The number of sulfonamides is 1. The fraction of sp³-hybridized carbons (Fsp3) is 0.0952. The van der Waals surface area contributed by atoms with Gasteiger partial charge in [0.1, 0.15) is 11.2 Å². The Morgan fingerprint density at radius 3 is 2.50 bits per heavy atom. The van der Waals surface area contributed by atoms with Gasteiger partial charge in [0, 0.05) is 10.7 Å². The first-order valence-corrected chi connectivity index (χ1v) is 11.8. The van der Waals surface area contributed by atoms with Gasteiger partial charge in [-0.2, -0.15) is 0 Å². The van der Waals surface area contributed by atoms with E-state index in [-0.39, 0.29) is 22.2 Å². The van der Waals surface area contributed by atoms with Crippen molar-refractivity contribution in [2.75, 3.05) is 15.4 Å². The molecule has 0 unspecified atom stereocenters. The molecule has 154 valence electrons. The second-order valence-corrected chi connectivity index (χ2v) is 9.75. The van der Waals surface area contributed by atoms with E-state index in [1.54, 1.807) is 42.5 Å². The maximum Gasteiger partial charge on any atom is 0.261 e. The van der Waals surface area contributed by atoms with Gasteiger partial charge < -0.3 is 0 Å². The molecule has 1 fully saturated rings. The van der Waals surface area contributed by atoms with Crippen molar-refractivity contribution in [1.82, 2.24) is 0 Å². The van der Waals surface area contributed by atoms with Gasteiger partial charge in [0.05, 0.1) is 16.3 Å². The van der Waals surface area contributed by atoms with E-state index in [2.05, 4.69) is 4.72 Å². The highest BCUT2D eigenvalue weighted by atomic mass is 35.5. The van der Waals surface area contributed by atoms with E-state index in [0.717, 1.165) is 0 Å². The van der Waals surface area contributed by atoms with Gasteiger partial charge in [0.2, 0.25) is 5.91 Å². The minimum Gasteiger partial charge on any atom is -0.292 e. The number of halogens is 2. The Morgan fingerprint density at radius 2 is 1.77 bits per heavy atom. The molecule has 3 aromatic rings. The van der Waals surface area contributed by atoms with Crippen LogP contribution in [0.4, 0.5) is 15.8 Å². The van der Waals surface area contributed by atoms with Crippen molar-refractivity contribution < 1.29 is 17.6 Å². The highest BCUT2D eigenvalue weighted by molar-refractivity contribution is 8.00. The summed E-state index contributed by atoms with van der Waals surface area (Å²) >= 11 is 7.18. The molecule has 1 aliphatic rings. The molecule has 1 atom stereocenters. The van der Waals surface area contributed by atoms with E-state index in [9.17, 15) is 17.6 Å². The van der Waals surface area contributed by atoms with Crippen LogP contribution in [0.3, 0.4) is 0 Å². The van der Waals surface area contributed by atoms with Crippen LogP contribution < -0.4 is 9.62 Å². The average molecular weight is 463 g/mol. The number of hydrogen-bond donors (Lipinski definition) is 1. The molecule has 1 heterocycles. The van der Waals surface area contributed by atoms with E-state index >= 15 is 0 Å². The molecule has 1 aliphatic heterocycles. The average Bonchev–Trinajstić information content (AvgIpc) is 3.10. The van der Waals surface area contributed by atoms with Crippen LogP contribution in [0, 0.1) is 5.82 Å². The second-order valence-electron chi connectivity index (χ2n) is 6.56. The van der Waals surface area contributed by atoms with E-state index in [0.29, 0.717) is 16.3 Å². The second kappa shape index (κ2) is 8.29. The van der Waals surface area contributed by atoms with Crippen molar-refractivity contribution >= 4 is 50.7 Å². The van der Waals surface area contributed by atoms with Crippen LogP contribution in [0.15, 0.2) is 77.7 Å². The third kappa shape index (κ3) is 4.16. The Kier molecular flexibility index (Phi) is 5.73. The first-order chi connectivity index (χ1) is 14.3. The van der Waals surface area contributed by atoms with E-state index < -0.39 is 21.2 Å². The Balaban J connectivity index is 1.64. The van der Waals surface area contributed by atoms with Crippen molar-refractivity contribution in [2.24, 2.45) is 0 Å². The van der Waals surface area contributed by atoms with Gasteiger partial charge in [-0.15, -0.1) is 11.8 Å². The molecule has 0 radical (unpaired) electrons. The number of carbonyl (C=O) groups excluding carboxylic acids is 1. The monoisotopic (exact) mass is 462 g/mol. The largest absolute Gasteiger partial charge is 0.292 e. The quantitative estimate of drug-likeness (QED) is 0.575. The molecule has 1 amide bonds. The van der Waals surface area contributed by atoms with Crippen LogP contribution in [-0.2, 0) is 14.8 Å². The molecule has 0 aromatic heterocycles. The van der Waals surface area contributed by atoms with Gasteiger partial charge in [-0.3, -0.25) is 14.4 Å². The lowest BCUT2D eigenvalue weighted by atomic mass is 10.1. The molecule has 5 nitrogen and oxygen atoms in total. The smallest absolute Gasteiger partial charge is 0.261 e. The summed E-state index contributed by atoms with van der Waals surface area (Å²) in [5.41, 5.74) is 1.23. The summed E-state index contributed by atoms with van der Waals surface area (Å²) in [5, 5.41) is -0.0264. The summed E-state index contributed by atoms with van der Waals surface area (Å²) < 4.78 is 42.2. The summed E-state index contributed by atoms with van der Waals surface area (Å²) in [6.45, 7) is 0.